The Bertz CT molecular complexity index is 612. The Morgan fingerprint density at radius 2 is 1.95 bits per heavy atom. The van der Waals surface area contributed by atoms with Gasteiger partial charge in [0.05, 0.1) is 0 Å². The fourth-order valence-corrected chi connectivity index (χ4v) is 2.38. The van der Waals surface area contributed by atoms with Crippen molar-refractivity contribution >= 4 is 22.4 Å². The number of thiazole rings is 1. The van der Waals surface area contributed by atoms with Crippen LogP contribution < -0.4 is 10.1 Å². The largest absolute Gasteiger partial charge is 0.435 e. The average molecular weight is 312 g/mol. The Labute approximate surface area is 124 Å². The monoisotopic (exact) mass is 312 g/mol. The number of anilines is 1. The molecule has 0 aliphatic carbocycles. The molecular weight excluding hydrogens is 298 g/mol. The van der Waals surface area contributed by atoms with Gasteiger partial charge in [0.1, 0.15) is 5.75 Å². The molecule has 0 unspecified atom stereocenters. The van der Waals surface area contributed by atoms with Crippen LogP contribution in [0, 0.1) is 0 Å². The molecule has 2 rings (SSSR count). The molecule has 0 aliphatic rings. The summed E-state index contributed by atoms with van der Waals surface area (Å²) in [6, 6.07) is 5.49. The molecule has 0 radical (unpaired) electrons. The minimum Gasteiger partial charge on any atom is -0.435 e. The Kier molecular flexibility index (Phi) is 4.85. The number of alkyl halides is 2. The number of carbonyl (C=O) groups is 1. The fourth-order valence-electron chi connectivity index (χ4n) is 1.57. The average Bonchev–Trinajstić information content (AvgIpc) is 2.87. The molecule has 0 saturated carbocycles. The molecule has 0 fully saturated rings. The molecule has 0 spiro atoms. The smallest absolute Gasteiger partial charge is 0.387 e. The second-order valence-electron chi connectivity index (χ2n) is 4.58. The molecule has 0 atom stereocenters. The van der Waals surface area contributed by atoms with Crippen molar-refractivity contribution < 1.29 is 18.3 Å². The van der Waals surface area contributed by atoms with E-state index in [-0.39, 0.29) is 11.7 Å². The highest BCUT2D eigenvalue weighted by atomic mass is 32.1. The maximum Gasteiger partial charge on any atom is 0.387 e. The predicted octanol–water partition coefficient (Wildman–Crippen LogP) is 4.12. The summed E-state index contributed by atoms with van der Waals surface area (Å²) < 4.78 is 28.3. The molecular formula is C14H14F2N2O2S. The van der Waals surface area contributed by atoms with Crippen LogP contribution in [0.1, 0.15) is 35.0 Å². The molecule has 112 valence electrons. The molecule has 0 bridgehead atoms. The van der Waals surface area contributed by atoms with Gasteiger partial charge in [-0.2, -0.15) is 8.78 Å². The van der Waals surface area contributed by atoms with E-state index in [0.29, 0.717) is 16.6 Å². The van der Waals surface area contributed by atoms with Gasteiger partial charge in [0, 0.05) is 16.6 Å². The molecule has 1 amide bonds. The van der Waals surface area contributed by atoms with Gasteiger partial charge >= 0.3 is 6.61 Å². The fraction of sp³-hybridized carbons (Fsp3) is 0.286. The highest BCUT2D eigenvalue weighted by molar-refractivity contribution is 7.15. The van der Waals surface area contributed by atoms with Gasteiger partial charge in [0.15, 0.2) is 5.13 Å². The van der Waals surface area contributed by atoms with Crippen molar-refractivity contribution in [3.05, 3.63) is 40.9 Å². The number of nitrogens with zero attached hydrogens (tertiary/aromatic N) is 1. The summed E-state index contributed by atoms with van der Waals surface area (Å²) in [4.78, 5) is 17.2. The van der Waals surface area contributed by atoms with Crippen LogP contribution >= 0.6 is 11.3 Å². The lowest BCUT2D eigenvalue weighted by atomic mass is 10.2. The highest BCUT2D eigenvalue weighted by Crippen LogP contribution is 2.25. The number of carbonyl (C=O) groups excluding carboxylic acids is 1. The molecule has 7 heteroatoms. The first-order chi connectivity index (χ1) is 9.95. The van der Waals surface area contributed by atoms with E-state index >= 15 is 0 Å². The summed E-state index contributed by atoms with van der Waals surface area (Å²) in [6.07, 6.45) is 1.73. The minimum atomic E-state index is -2.88. The third-order valence-corrected chi connectivity index (χ3v) is 3.87. The second kappa shape index (κ2) is 6.62. The normalized spacial score (nSPS) is 11.0. The van der Waals surface area contributed by atoms with Crippen molar-refractivity contribution in [3.8, 4) is 5.75 Å². The number of ether oxygens (including phenoxy) is 1. The van der Waals surface area contributed by atoms with E-state index in [1.165, 1.54) is 35.6 Å². The summed E-state index contributed by atoms with van der Waals surface area (Å²) in [6.45, 7) is 1.20. The number of aromatic nitrogens is 1. The van der Waals surface area contributed by atoms with Gasteiger partial charge in [-0.15, -0.1) is 11.3 Å². The van der Waals surface area contributed by atoms with Crippen molar-refractivity contribution in [3.63, 3.8) is 0 Å². The first-order valence-electron chi connectivity index (χ1n) is 6.27. The van der Waals surface area contributed by atoms with Crippen molar-refractivity contribution in [2.75, 3.05) is 5.32 Å². The summed E-state index contributed by atoms with van der Waals surface area (Å²) in [5, 5.41) is 3.18. The number of rotatable bonds is 5. The van der Waals surface area contributed by atoms with E-state index in [4.69, 9.17) is 0 Å². The van der Waals surface area contributed by atoms with Crippen LogP contribution in [0.4, 0.5) is 13.9 Å². The summed E-state index contributed by atoms with van der Waals surface area (Å²) in [5.74, 6) is 0.0140. The Morgan fingerprint density at radius 3 is 2.48 bits per heavy atom. The van der Waals surface area contributed by atoms with Gasteiger partial charge in [0.25, 0.3) is 5.91 Å². The van der Waals surface area contributed by atoms with Gasteiger partial charge in [-0.1, -0.05) is 13.8 Å². The number of nitrogens with one attached hydrogen (secondary N) is 1. The quantitative estimate of drug-likeness (QED) is 0.903. The van der Waals surface area contributed by atoms with Crippen LogP contribution in [0.2, 0.25) is 0 Å². The molecule has 0 saturated heterocycles. The number of amides is 1. The van der Waals surface area contributed by atoms with E-state index in [1.807, 2.05) is 13.8 Å². The molecule has 1 heterocycles. The van der Waals surface area contributed by atoms with E-state index in [1.54, 1.807) is 6.20 Å². The lowest BCUT2D eigenvalue weighted by molar-refractivity contribution is -0.0498. The van der Waals surface area contributed by atoms with Crippen molar-refractivity contribution in [1.29, 1.82) is 0 Å². The van der Waals surface area contributed by atoms with Crippen molar-refractivity contribution in [2.45, 2.75) is 26.4 Å². The molecule has 2 aromatic rings. The van der Waals surface area contributed by atoms with Crippen molar-refractivity contribution in [2.24, 2.45) is 0 Å². The lowest BCUT2D eigenvalue weighted by Gasteiger charge is -2.05. The SMILES string of the molecule is CC(C)c1cnc(NC(=O)c2ccc(OC(F)F)cc2)s1. The van der Waals surface area contributed by atoms with Crippen LogP contribution in [-0.2, 0) is 0 Å². The molecule has 21 heavy (non-hydrogen) atoms. The molecule has 1 N–H and O–H groups in total. The van der Waals surface area contributed by atoms with E-state index in [2.05, 4.69) is 15.0 Å². The van der Waals surface area contributed by atoms with Crippen LogP contribution in [-0.4, -0.2) is 17.5 Å². The number of benzene rings is 1. The van der Waals surface area contributed by atoms with E-state index in [9.17, 15) is 13.6 Å². The standard InChI is InChI=1S/C14H14F2N2O2S/c1-8(2)11-7-17-14(21-11)18-12(19)9-3-5-10(6-4-9)20-13(15)16/h3-8,13H,1-2H3,(H,17,18,19). The van der Waals surface area contributed by atoms with Gasteiger partial charge in [-0.05, 0) is 30.2 Å². The van der Waals surface area contributed by atoms with Gasteiger partial charge in [-0.25, -0.2) is 4.98 Å². The summed E-state index contributed by atoms with van der Waals surface area (Å²) in [7, 11) is 0. The molecule has 1 aromatic carbocycles. The highest BCUT2D eigenvalue weighted by Gasteiger charge is 2.11. The first kappa shape index (κ1) is 15.4. The zero-order valence-corrected chi connectivity index (χ0v) is 12.3. The number of halogens is 2. The van der Waals surface area contributed by atoms with Gasteiger partial charge in [0.2, 0.25) is 0 Å². The Morgan fingerprint density at radius 1 is 1.29 bits per heavy atom. The maximum absolute atomic E-state index is 12.0. The maximum atomic E-state index is 12.0. The predicted molar refractivity (Wildman–Crippen MR) is 77.2 cm³/mol. The summed E-state index contributed by atoms with van der Waals surface area (Å²) in [5.41, 5.74) is 0.345. The third-order valence-electron chi connectivity index (χ3n) is 2.65. The Balaban J connectivity index is 2.02. The number of hydrogen-bond donors (Lipinski definition) is 1. The van der Waals surface area contributed by atoms with Gasteiger partial charge < -0.3 is 4.74 Å². The molecule has 4 nitrogen and oxygen atoms in total. The topological polar surface area (TPSA) is 51.2 Å². The van der Waals surface area contributed by atoms with Crippen LogP contribution in [0.25, 0.3) is 0 Å². The minimum absolute atomic E-state index is 0.0119. The van der Waals surface area contributed by atoms with Crippen molar-refractivity contribution in [1.82, 2.24) is 4.98 Å². The van der Waals surface area contributed by atoms with E-state index in [0.717, 1.165) is 4.88 Å². The molecule has 1 aromatic heterocycles. The zero-order valence-electron chi connectivity index (χ0n) is 11.5. The third kappa shape index (κ3) is 4.22. The molecule has 0 aliphatic heterocycles. The number of hydrogen-bond acceptors (Lipinski definition) is 4. The van der Waals surface area contributed by atoms with Crippen LogP contribution in [0.3, 0.4) is 0 Å². The lowest BCUT2D eigenvalue weighted by Crippen LogP contribution is -2.11. The Hall–Kier alpha value is -2.02. The second-order valence-corrected chi connectivity index (χ2v) is 5.64. The summed E-state index contributed by atoms with van der Waals surface area (Å²) >= 11 is 1.41. The first-order valence-corrected chi connectivity index (χ1v) is 7.09. The van der Waals surface area contributed by atoms with Gasteiger partial charge in [-0.3, -0.25) is 10.1 Å². The van der Waals surface area contributed by atoms with Crippen LogP contribution in [0.5, 0.6) is 5.75 Å². The van der Waals surface area contributed by atoms with E-state index < -0.39 is 6.61 Å². The van der Waals surface area contributed by atoms with Crippen LogP contribution in [0.15, 0.2) is 30.5 Å². The zero-order chi connectivity index (χ0) is 15.4.